The molecule has 5 atom stereocenters. The molecule has 0 heterocycles. The lowest BCUT2D eigenvalue weighted by Crippen LogP contribution is -2.30. The van der Waals surface area contributed by atoms with Gasteiger partial charge in [0.2, 0.25) is 0 Å². The predicted molar refractivity (Wildman–Crippen MR) is 354 cm³/mol. The van der Waals surface area contributed by atoms with Gasteiger partial charge in [-0.2, -0.15) is 0 Å². The van der Waals surface area contributed by atoms with Crippen LogP contribution in [-0.4, -0.2) is 96.7 Å². The Bertz CT molecular complexity index is 1700. The van der Waals surface area contributed by atoms with Gasteiger partial charge in [0.25, 0.3) is 0 Å². The second-order valence-electron chi connectivity index (χ2n) is 25.4. The number of hydrogen-bond donors (Lipinski definition) is 3. The second-order valence-corrected chi connectivity index (χ2v) is 28.3. The highest BCUT2D eigenvalue weighted by Crippen LogP contribution is 2.45. The number of rotatable bonds is 69. The van der Waals surface area contributed by atoms with Crippen LogP contribution in [0.5, 0.6) is 0 Å². The zero-order chi connectivity index (χ0) is 64.9. The van der Waals surface area contributed by atoms with Crippen molar-refractivity contribution >= 4 is 39.5 Å². The van der Waals surface area contributed by atoms with E-state index < -0.39 is 97.5 Å². The van der Waals surface area contributed by atoms with Gasteiger partial charge in [0, 0.05) is 25.7 Å². The Hall–Kier alpha value is -1.94. The van der Waals surface area contributed by atoms with E-state index in [0.717, 1.165) is 109 Å². The van der Waals surface area contributed by atoms with Gasteiger partial charge in [-0.15, -0.1) is 0 Å². The summed E-state index contributed by atoms with van der Waals surface area (Å²) in [7, 11) is -9.89. The highest BCUT2D eigenvalue weighted by Gasteiger charge is 2.30. The molecular formula is C69H134O17P2. The van der Waals surface area contributed by atoms with Crippen molar-refractivity contribution in [2.24, 2.45) is 5.92 Å². The zero-order valence-electron chi connectivity index (χ0n) is 56.9. The first-order valence-corrected chi connectivity index (χ1v) is 39.1. The Morgan fingerprint density at radius 2 is 0.523 bits per heavy atom. The summed E-state index contributed by atoms with van der Waals surface area (Å²) >= 11 is 0. The van der Waals surface area contributed by atoms with Gasteiger partial charge in [-0.25, -0.2) is 9.13 Å². The lowest BCUT2D eigenvalue weighted by molar-refractivity contribution is -0.161. The molecule has 3 N–H and O–H groups in total. The molecule has 19 heteroatoms. The van der Waals surface area contributed by atoms with E-state index in [1.807, 2.05) is 0 Å². The molecular weight excluding hydrogens is 1160 g/mol. The third kappa shape index (κ3) is 62.8. The molecule has 2 unspecified atom stereocenters. The minimum absolute atomic E-state index is 0.107. The summed E-state index contributed by atoms with van der Waals surface area (Å²) in [6, 6.07) is 0. The van der Waals surface area contributed by atoms with Crippen LogP contribution in [0.2, 0.25) is 0 Å². The number of ether oxygens (including phenoxy) is 4. The number of carbonyl (C=O) groups is 4. The van der Waals surface area contributed by atoms with Crippen molar-refractivity contribution in [3.63, 3.8) is 0 Å². The number of phosphoric acid groups is 2. The first-order valence-electron chi connectivity index (χ1n) is 36.1. The summed E-state index contributed by atoms with van der Waals surface area (Å²) in [5.74, 6) is -1.32. The van der Waals surface area contributed by atoms with Crippen LogP contribution < -0.4 is 0 Å². The quantitative estimate of drug-likeness (QED) is 0.0222. The Morgan fingerprint density at radius 3 is 0.773 bits per heavy atom. The van der Waals surface area contributed by atoms with Crippen molar-refractivity contribution in [1.82, 2.24) is 0 Å². The summed E-state index contributed by atoms with van der Waals surface area (Å²) in [6.07, 6.45) is 48.6. The van der Waals surface area contributed by atoms with Crippen molar-refractivity contribution in [3.05, 3.63) is 0 Å². The fraction of sp³-hybridized carbons (Fsp3) is 0.942. The molecule has 88 heavy (non-hydrogen) atoms. The maximum atomic E-state index is 13.0. The van der Waals surface area contributed by atoms with Crippen LogP contribution in [0.15, 0.2) is 0 Å². The molecule has 0 aliphatic rings. The molecule has 0 bridgehead atoms. The third-order valence-electron chi connectivity index (χ3n) is 16.0. The Kier molecular flexibility index (Phi) is 61.1. The summed E-state index contributed by atoms with van der Waals surface area (Å²) in [5.41, 5.74) is 0. The van der Waals surface area contributed by atoms with Crippen molar-refractivity contribution < 1.29 is 80.2 Å². The smallest absolute Gasteiger partial charge is 0.462 e. The van der Waals surface area contributed by atoms with Gasteiger partial charge in [0.1, 0.15) is 19.3 Å². The molecule has 0 radical (unpaired) electrons. The van der Waals surface area contributed by atoms with Crippen LogP contribution in [0.3, 0.4) is 0 Å². The first-order chi connectivity index (χ1) is 42.5. The second kappa shape index (κ2) is 62.5. The van der Waals surface area contributed by atoms with Gasteiger partial charge in [-0.05, 0) is 31.6 Å². The van der Waals surface area contributed by atoms with Crippen LogP contribution in [-0.2, 0) is 65.4 Å². The van der Waals surface area contributed by atoms with Gasteiger partial charge in [-0.3, -0.25) is 37.3 Å². The monoisotopic (exact) mass is 1300 g/mol. The number of unbranched alkanes of at least 4 members (excludes halogenated alkanes) is 41. The van der Waals surface area contributed by atoms with Crippen molar-refractivity contribution in [1.29, 1.82) is 0 Å². The maximum absolute atomic E-state index is 13.0. The number of hydrogen-bond acceptors (Lipinski definition) is 15. The highest BCUT2D eigenvalue weighted by molar-refractivity contribution is 7.47. The van der Waals surface area contributed by atoms with Crippen LogP contribution in [0.4, 0.5) is 0 Å². The highest BCUT2D eigenvalue weighted by atomic mass is 31.2. The van der Waals surface area contributed by atoms with Crippen molar-refractivity contribution in [2.45, 2.75) is 374 Å². The summed E-state index contributed by atoms with van der Waals surface area (Å²) in [5, 5.41) is 10.6. The van der Waals surface area contributed by atoms with E-state index in [1.54, 1.807) is 0 Å². The van der Waals surface area contributed by atoms with Crippen LogP contribution in [0.1, 0.15) is 356 Å². The number of aliphatic hydroxyl groups excluding tert-OH is 1. The molecule has 0 fully saturated rings. The maximum Gasteiger partial charge on any atom is 0.472 e. The SMILES string of the molecule is CCCCCCCCCCCCCC(=O)OC[C@H](COP(=O)(O)OC[C@@H](O)COP(=O)(O)OC[C@@H](COC(=O)CCCCCCCCC)OC(=O)CCCCCCCCCCCCC)OC(=O)CCCCCCCCCCCCCCCCCCC(C)C. The van der Waals surface area contributed by atoms with Gasteiger partial charge in [0.05, 0.1) is 26.4 Å². The Balaban J connectivity index is 5.16. The lowest BCUT2D eigenvalue weighted by Gasteiger charge is -2.21. The van der Waals surface area contributed by atoms with E-state index in [9.17, 15) is 43.2 Å². The summed E-state index contributed by atoms with van der Waals surface area (Å²) < 4.78 is 68.1. The van der Waals surface area contributed by atoms with Crippen molar-refractivity contribution in [3.8, 4) is 0 Å². The number of carbonyl (C=O) groups excluding carboxylic acids is 4. The van der Waals surface area contributed by atoms with Crippen LogP contribution in [0, 0.1) is 5.92 Å². The molecule has 0 rings (SSSR count). The topological polar surface area (TPSA) is 237 Å². The van der Waals surface area contributed by atoms with Crippen molar-refractivity contribution in [2.75, 3.05) is 39.6 Å². The van der Waals surface area contributed by atoms with E-state index in [1.165, 1.54) is 167 Å². The zero-order valence-corrected chi connectivity index (χ0v) is 58.6. The number of esters is 4. The number of phosphoric ester groups is 2. The Morgan fingerprint density at radius 1 is 0.307 bits per heavy atom. The van der Waals surface area contributed by atoms with Crippen LogP contribution in [0.25, 0.3) is 0 Å². The molecule has 0 saturated carbocycles. The molecule has 0 aliphatic carbocycles. The average molecular weight is 1300 g/mol. The molecule has 0 saturated heterocycles. The molecule has 522 valence electrons. The number of aliphatic hydroxyl groups is 1. The molecule has 0 aromatic heterocycles. The molecule has 17 nitrogen and oxygen atoms in total. The average Bonchev–Trinajstić information content (AvgIpc) is 3.70. The van der Waals surface area contributed by atoms with Gasteiger partial charge in [0.15, 0.2) is 12.2 Å². The standard InChI is InChI=1S/C69H134O17P2/c1-6-9-12-15-18-20-28-33-38-43-48-53-67(72)80-59-65(86-69(74)55-50-45-40-35-31-27-25-23-22-24-26-30-32-37-41-46-51-62(4)5)61-84-88(77,78)82-57-63(70)56-81-87(75,76)83-60-64(58-79-66(71)52-47-42-36-17-14-11-8-3)85-68(73)54-49-44-39-34-29-21-19-16-13-10-7-2/h62-65,70H,6-61H2,1-5H3,(H,75,76)(H,77,78)/t63-,64+,65+/m0/s1. The Labute approximate surface area is 537 Å². The minimum Gasteiger partial charge on any atom is -0.462 e. The van der Waals surface area contributed by atoms with E-state index in [4.69, 9.17) is 37.0 Å². The molecule has 0 spiro atoms. The van der Waals surface area contributed by atoms with E-state index in [-0.39, 0.29) is 25.7 Å². The van der Waals surface area contributed by atoms with Gasteiger partial charge in [-0.1, -0.05) is 304 Å². The summed E-state index contributed by atoms with van der Waals surface area (Å²) in [6.45, 7) is 7.22. The molecule has 0 aromatic rings. The largest absolute Gasteiger partial charge is 0.472 e. The normalized spacial score (nSPS) is 14.1. The third-order valence-corrected chi connectivity index (χ3v) is 17.9. The van der Waals surface area contributed by atoms with E-state index in [2.05, 4.69) is 34.6 Å². The first kappa shape index (κ1) is 86.1. The van der Waals surface area contributed by atoms with Gasteiger partial charge >= 0.3 is 39.5 Å². The molecule has 0 amide bonds. The van der Waals surface area contributed by atoms with E-state index >= 15 is 0 Å². The minimum atomic E-state index is -4.95. The molecule has 0 aliphatic heterocycles. The van der Waals surface area contributed by atoms with Crippen LogP contribution >= 0.6 is 15.6 Å². The fourth-order valence-corrected chi connectivity index (χ4v) is 12.0. The summed E-state index contributed by atoms with van der Waals surface area (Å²) in [4.78, 5) is 72.3. The fourth-order valence-electron chi connectivity index (χ4n) is 10.5. The molecule has 0 aromatic carbocycles. The predicted octanol–water partition coefficient (Wildman–Crippen LogP) is 19.7. The lowest BCUT2D eigenvalue weighted by atomic mass is 10.0. The van der Waals surface area contributed by atoms with E-state index in [0.29, 0.717) is 25.7 Å². The van der Waals surface area contributed by atoms with Gasteiger partial charge < -0.3 is 33.8 Å².